The first-order valence-corrected chi connectivity index (χ1v) is 13.6. The normalized spacial score (nSPS) is 14.1. The number of nitrogens with two attached hydrogens (primary N) is 2. The zero-order valence-electron chi connectivity index (χ0n) is 23.2. The van der Waals surface area contributed by atoms with Crippen LogP contribution in [0.1, 0.15) is 64.7 Å². The molecule has 2 unspecified atom stereocenters. The standard InChI is InChI=1S/C25H46N8O6/c1-17(34)29-14-11-23(37)33(15-21(35)30-12-5-3-7-19(28-2)24(26)38)16-22(36)31-13-6-4-8-20(25(27)39)32-18-9-10-18/h18-20,28,32H,3-16H2,1-2H3,(H2,26,38)(H2,27,39)(H,29,34)(H,30,35)(H,31,36). The Morgan fingerprint density at radius 2 is 1.28 bits per heavy atom. The Kier molecular flexibility index (Phi) is 16.4. The Bertz CT molecular complexity index is 835. The number of primary amides is 2. The molecule has 6 amide bonds. The van der Waals surface area contributed by atoms with Crippen molar-refractivity contribution in [3.8, 4) is 0 Å². The highest BCUT2D eigenvalue weighted by Crippen LogP contribution is 2.20. The first-order chi connectivity index (χ1) is 18.5. The van der Waals surface area contributed by atoms with Crippen molar-refractivity contribution in [2.24, 2.45) is 11.5 Å². The highest BCUT2D eigenvalue weighted by Gasteiger charge is 2.27. The van der Waals surface area contributed by atoms with E-state index in [2.05, 4.69) is 26.6 Å². The van der Waals surface area contributed by atoms with E-state index in [4.69, 9.17) is 11.5 Å². The molecule has 1 aliphatic carbocycles. The summed E-state index contributed by atoms with van der Waals surface area (Å²) in [5, 5.41) is 14.0. The Morgan fingerprint density at radius 3 is 1.72 bits per heavy atom. The number of rotatable bonds is 22. The first kappa shape index (κ1) is 33.8. The monoisotopic (exact) mass is 554 g/mol. The molecular formula is C25H46N8O6. The van der Waals surface area contributed by atoms with Crippen molar-refractivity contribution in [1.82, 2.24) is 31.5 Å². The zero-order chi connectivity index (χ0) is 29.2. The summed E-state index contributed by atoms with van der Waals surface area (Å²) in [4.78, 5) is 72.7. The number of hydrogen-bond acceptors (Lipinski definition) is 8. The first-order valence-electron chi connectivity index (χ1n) is 13.6. The highest BCUT2D eigenvalue weighted by atomic mass is 16.2. The predicted molar refractivity (Wildman–Crippen MR) is 145 cm³/mol. The van der Waals surface area contributed by atoms with Gasteiger partial charge in [0.15, 0.2) is 0 Å². The Labute approximate surface area is 230 Å². The maximum absolute atomic E-state index is 12.7. The van der Waals surface area contributed by atoms with Gasteiger partial charge in [0.2, 0.25) is 35.4 Å². The lowest BCUT2D eigenvalue weighted by Gasteiger charge is -2.22. The van der Waals surface area contributed by atoms with Crippen LogP contribution in [-0.2, 0) is 28.8 Å². The average Bonchev–Trinajstić information content (AvgIpc) is 3.68. The molecule has 0 bridgehead atoms. The van der Waals surface area contributed by atoms with Gasteiger partial charge in [-0.1, -0.05) is 0 Å². The van der Waals surface area contributed by atoms with E-state index < -0.39 is 29.7 Å². The summed E-state index contributed by atoms with van der Waals surface area (Å²) in [6.45, 7) is 1.51. The fourth-order valence-electron chi connectivity index (χ4n) is 3.87. The maximum atomic E-state index is 12.7. The van der Waals surface area contributed by atoms with Gasteiger partial charge in [-0.25, -0.2) is 0 Å². The summed E-state index contributed by atoms with van der Waals surface area (Å²) in [7, 11) is 1.65. The molecule has 1 aliphatic rings. The van der Waals surface area contributed by atoms with E-state index in [1.165, 1.54) is 6.92 Å². The highest BCUT2D eigenvalue weighted by molar-refractivity contribution is 5.89. The Hall–Kier alpha value is -3.26. The third-order valence-electron chi connectivity index (χ3n) is 6.27. The molecule has 0 heterocycles. The molecule has 1 rings (SSSR count). The SMILES string of the molecule is CNC(CCCCNC(=O)CN(CC(=O)NCCCCC(NC1CC1)C(N)=O)C(=O)CCNC(C)=O)C(N)=O. The summed E-state index contributed by atoms with van der Waals surface area (Å²) >= 11 is 0. The second kappa shape index (κ2) is 18.9. The van der Waals surface area contributed by atoms with Gasteiger partial charge >= 0.3 is 0 Å². The van der Waals surface area contributed by atoms with Gasteiger partial charge in [0.25, 0.3) is 0 Å². The van der Waals surface area contributed by atoms with Crippen LogP contribution in [0.2, 0.25) is 0 Å². The van der Waals surface area contributed by atoms with Crippen LogP contribution >= 0.6 is 0 Å². The minimum atomic E-state index is -0.442. The summed E-state index contributed by atoms with van der Waals surface area (Å²) in [6.07, 6.45) is 5.74. The number of unbranched alkanes of at least 4 members (excludes halogenated alkanes) is 2. The van der Waals surface area contributed by atoms with Gasteiger partial charge in [-0.2, -0.15) is 0 Å². The van der Waals surface area contributed by atoms with Crippen molar-refractivity contribution < 1.29 is 28.8 Å². The van der Waals surface area contributed by atoms with E-state index in [1.807, 2.05) is 0 Å². The maximum Gasteiger partial charge on any atom is 0.239 e. The van der Waals surface area contributed by atoms with Crippen molar-refractivity contribution >= 4 is 35.4 Å². The van der Waals surface area contributed by atoms with Gasteiger partial charge in [-0.3, -0.25) is 28.8 Å². The lowest BCUT2D eigenvalue weighted by Crippen LogP contribution is -2.46. The van der Waals surface area contributed by atoms with E-state index in [1.54, 1.807) is 7.05 Å². The molecule has 14 heteroatoms. The molecule has 1 saturated carbocycles. The second-order valence-corrected chi connectivity index (χ2v) is 9.81. The third-order valence-corrected chi connectivity index (χ3v) is 6.27. The van der Waals surface area contributed by atoms with Gasteiger partial charge in [-0.15, -0.1) is 0 Å². The van der Waals surface area contributed by atoms with E-state index >= 15 is 0 Å². The fraction of sp³-hybridized carbons (Fsp3) is 0.760. The molecule has 0 radical (unpaired) electrons. The summed E-state index contributed by atoms with van der Waals surface area (Å²) in [6, 6.07) is -0.447. The number of nitrogens with one attached hydrogen (secondary N) is 5. The van der Waals surface area contributed by atoms with Crippen LogP contribution in [0, 0.1) is 0 Å². The summed E-state index contributed by atoms with van der Waals surface area (Å²) in [5.41, 5.74) is 10.7. The van der Waals surface area contributed by atoms with Gasteiger partial charge in [-0.05, 0) is 58.4 Å². The van der Waals surface area contributed by atoms with Crippen molar-refractivity contribution in [1.29, 1.82) is 0 Å². The number of carbonyl (C=O) groups excluding carboxylic acids is 6. The number of amides is 6. The van der Waals surface area contributed by atoms with Gasteiger partial charge in [0.05, 0.1) is 12.1 Å². The van der Waals surface area contributed by atoms with Gasteiger partial charge in [0.1, 0.15) is 13.1 Å². The van der Waals surface area contributed by atoms with E-state index in [9.17, 15) is 28.8 Å². The lowest BCUT2D eigenvalue weighted by molar-refractivity contribution is -0.139. The van der Waals surface area contributed by atoms with Crippen LogP contribution in [0.5, 0.6) is 0 Å². The number of likely N-dealkylation sites (N-methyl/N-ethyl adjacent to an activating group) is 1. The van der Waals surface area contributed by atoms with E-state index in [0.717, 1.165) is 17.7 Å². The smallest absolute Gasteiger partial charge is 0.239 e. The van der Waals surface area contributed by atoms with Crippen LogP contribution in [-0.4, -0.2) is 98.2 Å². The molecule has 9 N–H and O–H groups in total. The molecule has 14 nitrogen and oxygen atoms in total. The van der Waals surface area contributed by atoms with Crippen LogP contribution < -0.4 is 38.1 Å². The molecule has 0 spiro atoms. The molecule has 2 atom stereocenters. The summed E-state index contributed by atoms with van der Waals surface area (Å²) in [5.74, 6) is -2.38. The average molecular weight is 555 g/mol. The molecule has 222 valence electrons. The number of carbonyl (C=O) groups is 6. The third kappa shape index (κ3) is 16.3. The van der Waals surface area contributed by atoms with E-state index in [-0.39, 0.29) is 43.9 Å². The molecule has 0 aliphatic heterocycles. The topological polar surface area (TPSA) is 218 Å². The van der Waals surface area contributed by atoms with Crippen LogP contribution in [0.4, 0.5) is 0 Å². The molecule has 0 aromatic heterocycles. The molecule has 0 aromatic rings. The quantitative estimate of drug-likeness (QED) is 0.0713. The van der Waals surface area contributed by atoms with Crippen LogP contribution in [0.3, 0.4) is 0 Å². The van der Waals surface area contributed by atoms with Crippen LogP contribution in [0.15, 0.2) is 0 Å². The Balaban J connectivity index is 2.45. The van der Waals surface area contributed by atoms with Crippen molar-refractivity contribution in [3.05, 3.63) is 0 Å². The molecule has 0 saturated heterocycles. The van der Waals surface area contributed by atoms with Crippen LogP contribution in [0.25, 0.3) is 0 Å². The molecule has 0 aromatic carbocycles. The minimum Gasteiger partial charge on any atom is -0.368 e. The van der Waals surface area contributed by atoms with E-state index in [0.29, 0.717) is 57.7 Å². The number of nitrogens with zero attached hydrogens (tertiary/aromatic N) is 1. The van der Waals surface area contributed by atoms with Gasteiger partial charge in [0, 0.05) is 39.0 Å². The van der Waals surface area contributed by atoms with Crippen molar-refractivity contribution in [2.45, 2.75) is 82.8 Å². The predicted octanol–water partition coefficient (Wildman–Crippen LogP) is -2.41. The van der Waals surface area contributed by atoms with Crippen molar-refractivity contribution in [3.63, 3.8) is 0 Å². The largest absolute Gasteiger partial charge is 0.368 e. The second-order valence-electron chi connectivity index (χ2n) is 9.81. The molecule has 1 fully saturated rings. The Morgan fingerprint density at radius 1 is 0.769 bits per heavy atom. The molecule has 39 heavy (non-hydrogen) atoms. The van der Waals surface area contributed by atoms with Crippen molar-refractivity contribution in [2.75, 3.05) is 39.8 Å². The minimum absolute atomic E-state index is 0.0544. The number of hydrogen-bond donors (Lipinski definition) is 7. The zero-order valence-corrected chi connectivity index (χ0v) is 23.2. The summed E-state index contributed by atoms with van der Waals surface area (Å²) < 4.78 is 0. The lowest BCUT2D eigenvalue weighted by atomic mass is 10.1. The van der Waals surface area contributed by atoms with Gasteiger partial charge < -0.3 is 43.0 Å². The molecular weight excluding hydrogens is 508 g/mol. The fourth-order valence-corrected chi connectivity index (χ4v) is 3.87.